The largest absolute Gasteiger partial charge is 0.339 e. The van der Waals surface area contributed by atoms with Crippen molar-refractivity contribution in [1.29, 1.82) is 0 Å². The summed E-state index contributed by atoms with van der Waals surface area (Å²) >= 11 is 1.77. The maximum Gasteiger partial charge on any atom is 0.264 e. The number of rotatable bonds is 4. The van der Waals surface area contributed by atoms with E-state index in [1.807, 2.05) is 6.07 Å². The molecule has 1 aliphatic rings. The molecule has 0 bridgehead atoms. The zero-order chi connectivity index (χ0) is 17.5. The first-order valence-corrected chi connectivity index (χ1v) is 10.3. The number of para-hydroxylation sites is 1. The van der Waals surface area contributed by atoms with Gasteiger partial charge in [0, 0.05) is 16.3 Å². The van der Waals surface area contributed by atoms with Crippen LogP contribution in [0.2, 0.25) is 0 Å². The van der Waals surface area contributed by atoms with Gasteiger partial charge in [0.05, 0.1) is 17.1 Å². The highest BCUT2D eigenvalue weighted by Gasteiger charge is 2.26. The Hall–Kier alpha value is -1.50. The van der Waals surface area contributed by atoms with Crippen LogP contribution in [-0.4, -0.2) is 25.3 Å². The minimum Gasteiger partial charge on any atom is -0.339 e. The van der Waals surface area contributed by atoms with Crippen LogP contribution in [0.15, 0.2) is 40.1 Å². The van der Waals surface area contributed by atoms with E-state index < -0.39 is 10.1 Å². The lowest BCUT2D eigenvalue weighted by Gasteiger charge is -2.35. The first-order valence-electron chi connectivity index (χ1n) is 7.87. The van der Waals surface area contributed by atoms with Crippen LogP contribution in [0.25, 0.3) is 0 Å². The van der Waals surface area contributed by atoms with Crippen LogP contribution in [0, 0.1) is 20.8 Å². The molecule has 0 saturated heterocycles. The van der Waals surface area contributed by atoms with Crippen molar-refractivity contribution in [3.05, 3.63) is 47.0 Å². The fourth-order valence-corrected chi connectivity index (χ4v) is 4.92. The molecule has 4 nitrogen and oxygen atoms in total. The molecule has 0 amide bonds. The highest BCUT2D eigenvalue weighted by atomic mass is 32.2. The minimum absolute atomic E-state index is 0.224. The Balaban J connectivity index is 2.06. The average molecular weight is 364 g/mol. The number of benzene rings is 2. The molecule has 6 heteroatoms. The summed E-state index contributed by atoms with van der Waals surface area (Å²) in [5, 5.41) is 0. The summed E-state index contributed by atoms with van der Waals surface area (Å²) in [4.78, 5) is 4.59. The van der Waals surface area contributed by atoms with Gasteiger partial charge in [-0.2, -0.15) is 8.42 Å². The topological polar surface area (TPSA) is 57.6 Å². The summed E-state index contributed by atoms with van der Waals surface area (Å²) in [5.41, 5.74) is 5.83. The van der Waals surface area contributed by atoms with Gasteiger partial charge >= 0.3 is 0 Å². The van der Waals surface area contributed by atoms with Crippen molar-refractivity contribution in [2.45, 2.75) is 37.0 Å². The van der Waals surface area contributed by atoms with Crippen molar-refractivity contribution in [2.75, 3.05) is 17.2 Å². The molecule has 24 heavy (non-hydrogen) atoms. The Morgan fingerprint density at radius 2 is 1.88 bits per heavy atom. The second-order valence-corrected chi connectivity index (χ2v) is 8.87. The third kappa shape index (κ3) is 3.45. The molecule has 0 spiro atoms. The highest BCUT2D eigenvalue weighted by Crippen LogP contribution is 2.50. The third-order valence-electron chi connectivity index (χ3n) is 4.16. The van der Waals surface area contributed by atoms with Crippen molar-refractivity contribution in [3.8, 4) is 0 Å². The lowest BCUT2D eigenvalue weighted by atomic mass is 10.1. The zero-order valence-corrected chi connectivity index (χ0v) is 15.7. The van der Waals surface area contributed by atoms with Gasteiger partial charge in [-0.05, 0) is 56.0 Å². The van der Waals surface area contributed by atoms with E-state index in [0.717, 1.165) is 16.9 Å². The molecular weight excluding hydrogens is 342 g/mol. The van der Waals surface area contributed by atoms with Gasteiger partial charge < -0.3 is 4.90 Å². The van der Waals surface area contributed by atoms with Crippen LogP contribution >= 0.6 is 11.8 Å². The van der Waals surface area contributed by atoms with E-state index in [1.54, 1.807) is 11.8 Å². The molecule has 1 N–H and O–H groups in total. The molecule has 0 aromatic heterocycles. The molecule has 0 fully saturated rings. The Morgan fingerprint density at radius 3 is 2.58 bits per heavy atom. The number of anilines is 2. The highest BCUT2D eigenvalue weighted by molar-refractivity contribution is 7.99. The third-order valence-corrected chi connectivity index (χ3v) is 6.25. The van der Waals surface area contributed by atoms with Gasteiger partial charge in [0.15, 0.2) is 0 Å². The van der Waals surface area contributed by atoms with Crippen molar-refractivity contribution in [3.63, 3.8) is 0 Å². The molecule has 0 saturated carbocycles. The minimum atomic E-state index is -3.94. The van der Waals surface area contributed by atoms with E-state index in [-0.39, 0.29) is 5.75 Å². The SMILES string of the molecule is Cc1cc(C)c2c(c1)N(CCCS(=O)(=O)O)c1c(C)cccc1S2. The molecule has 0 unspecified atom stereocenters. The molecule has 2 aromatic rings. The fraction of sp³-hybridized carbons (Fsp3) is 0.333. The first kappa shape index (κ1) is 17.3. The molecule has 0 atom stereocenters. The summed E-state index contributed by atoms with van der Waals surface area (Å²) in [6.07, 6.45) is 0.379. The van der Waals surface area contributed by atoms with Gasteiger partial charge in [-0.25, -0.2) is 0 Å². The van der Waals surface area contributed by atoms with Crippen LogP contribution in [0.5, 0.6) is 0 Å². The Kier molecular flexibility index (Phi) is 4.64. The summed E-state index contributed by atoms with van der Waals surface area (Å²) in [6.45, 7) is 6.80. The van der Waals surface area contributed by atoms with Crippen molar-refractivity contribution < 1.29 is 13.0 Å². The number of fused-ring (bicyclic) bond motifs is 2. The van der Waals surface area contributed by atoms with Crippen LogP contribution in [0.1, 0.15) is 23.1 Å². The molecule has 2 aromatic carbocycles. The number of aryl methyl sites for hydroxylation is 3. The van der Waals surface area contributed by atoms with Crippen LogP contribution < -0.4 is 4.90 Å². The fourth-order valence-electron chi connectivity index (χ4n) is 3.19. The van der Waals surface area contributed by atoms with E-state index in [9.17, 15) is 8.42 Å². The van der Waals surface area contributed by atoms with Gasteiger partial charge in [0.1, 0.15) is 0 Å². The number of nitrogens with zero attached hydrogens (tertiary/aromatic N) is 1. The van der Waals surface area contributed by atoms with E-state index in [1.165, 1.54) is 20.9 Å². The Labute approximate surface area is 147 Å². The standard InChI is InChI=1S/C18H21NO3S2/c1-12-10-14(3)18-15(11-12)19(8-5-9-24(20,21)22)17-13(2)6-4-7-16(17)23-18/h4,6-7,10-11H,5,8-9H2,1-3H3,(H,20,21,22). The summed E-state index contributed by atoms with van der Waals surface area (Å²) < 4.78 is 31.2. The van der Waals surface area contributed by atoms with E-state index in [0.29, 0.717) is 13.0 Å². The summed E-state index contributed by atoms with van der Waals surface area (Å²) in [7, 11) is -3.94. The number of hydrogen-bond donors (Lipinski definition) is 1. The van der Waals surface area contributed by atoms with Crippen molar-refractivity contribution in [2.24, 2.45) is 0 Å². The molecule has 0 radical (unpaired) electrons. The lowest BCUT2D eigenvalue weighted by molar-refractivity contribution is 0.481. The number of hydrogen-bond acceptors (Lipinski definition) is 4. The molecule has 3 rings (SSSR count). The zero-order valence-electron chi connectivity index (χ0n) is 14.0. The maximum atomic E-state index is 11.1. The Morgan fingerprint density at radius 1 is 1.12 bits per heavy atom. The Bertz CT molecular complexity index is 891. The normalized spacial score (nSPS) is 13.6. The quantitative estimate of drug-likeness (QED) is 0.811. The lowest BCUT2D eigenvalue weighted by Crippen LogP contribution is -2.25. The van der Waals surface area contributed by atoms with Gasteiger partial charge in [0.25, 0.3) is 10.1 Å². The van der Waals surface area contributed by atoms with Crippen molar-refractivity contribution in [1.82, 2.24) is 0 Å². The maximum absolute atomic E-state index is 11.1. The molecule has 0 aliphatic carbocycles. The van der Waals surface area contributed by atoms with E-state index in [4.69, 9.17) is 4.55 Å². The van der Waals surface area contributed by atoms with Gasteiger partial charge in [0.2, 0.25) is 0 Å². The predicted molar refractivity (Wildman–Crippen MR) is 99.3 cm³/mol. The van der Waals surface area contributed by atoms with Gasteiger partial charge in [-0.1, -0.05) is 30.0 Å². The molecule has 1 aliphatic heterocycles. The van der Waals surface area contributed by atoms with Crippen LogP contribution in [0.4, 0.5) is 11.4 Å². The second-order valence-electron chi connectivity index (χ2n) is 6.25. The summed E-state index contributed by atoms with van der Waals surface area (Å²) in [5.74, 6) is -0.224. The second kappa shape index (κ2) is 6.43. The van der Waals surface area contributed by atoms with Gasteiger partial charge in [-0.15, -0.1) is 0 Å². The van der Waals surface area contributed by atoms with Crippen LogP contribution in [-0.2, 0) is 10.1 Å². The monoisotopic (exact) mass is 363 g/mol. The van der Waals surface area contributed by atoms with Gasteiger partial charge in [-0.3, -0.25) is 4.55 Å². The predicted octanol–water partition coefficient (Wildman–Crippen LogP) is 4.49. The molecule has 1 heterocycles. The van der Waals surface area contributed by atoms with E-state index in [2.05, 4.69) is 49.9 Å². The first-order chi connectivity index (χ1) is 11.3. The van der Waals surface area contributed by atoms with E-state index >= 15 is 0 Å². The smallest absolute Gasteiger partial charge is 0.264 e. The average Bonchev–Trinajstić information content (AvgIpc) is 2.46. The van der Waals surface area contributed by atoms with Crippen molar-refractivity contribution >= 4 is 33.3 Å². The molecular formula is C18H21NO3S2. The van der Waals surface area contributed by atoms with Crippen LogP contribution in [0.3, 0.4) is 0 Å². The molecule has 128 valence electrons. The summed E-state index contributed by atoms with van der Waals surface area (Å²) in [6, 6.07) is 10.5.